The van der Waals surface area contributed by atoms with E-state index in [9.17, 15) is 0 Å². The van der Waals surface area contributed by atoms with Crippen molar-refractivity contribution in [3.05, 3.63) is 25.1 Å². The van der Waals surface area contributed by atoms with Crippen molar-refractivity contribution in [2.45, 2.75) is 33.9 Å². The molecule has 0 saturated heterocycles. The number of allylic oxidation sites excluding steroid dienone is 1. The van der Waals surface area contributed by atoms with Crippen molar-refractivity contribution in [3.8, 4) is 0 Å². The lowest BCUT2D eigenvalue weighted by atomic mass is 10.5. The maximum Gasteiger partial charge on any atom is 0.0925 e. The number of hydrogen-bond acceptors (Lipinski definition) is 2. The van der Waals surface area contributed by atoms with Crippen LogP contribution in [0.25, 0.3) is 0 Å². The van der Waals surface area contributed by atoms with Gasteiger partial charge in [-0.05, 0) is 26.2 Å². The van der Waals surface area contributed by atoms with Crippen LogP contribution in [0.15, 0.2) is 25.1 Å². The minimum absolute atomic E-state index is 0.263. The number of nitrogens with one attached hydrogen (secondary N) is 2. The van der Waals surface area contributed by atoms with Crippen LogP contribution in [0.5, 0.6) is 0 Å². The lowest BCUT2D eigenvalue weighted by Gasteiger charge is -2.10. The molecule has 0 aliphatic heterocycles. The molecule has 0 aliphatic rings. The molecule has 0 heterocycles. The first-order chi connectivity index (χ1) is 5.31. The zero-order valence-corrected chi connectivity index (χ0v) is 8.02. The molecular weight excluding hydrogens is 136 g/mol. The third-order valence-corrected chi connectivity index (χ3v) is 0.881. The van der Waals surface area contributed by atoms with Crippen molar-refractivity contribution in [2.75, 3.05) is 0 Å². The van der Waals surface area contributed by atoms with Crippen molar-refractivity contribution in [2.24, 2.45) is 0 Å². The van der Waals surface area contributed by atoms with E-state index in [1.54, 1.807) is 6.20 Å². The zero-order chi connectivity index (χ0) is 9.11. The van der Waals surface area contributed by atoms with Crippen molar-refractivity contribution in [3.63, 3.8) is 0 Å². The quantitative estimate of drug-likeness (QED) is 0.610. The maximum absolute atomic E-state index is 3.53. The van der Waals surface area contributed by atoms with Gasteiger partial charge in [0.05, 0.1) is 6.17 Å². The highest BCUT2D eigenvalue weighted by atomic mass is 15.1. The molecule has 1 atom stereocenters. The van der Waals surface area contributed by atoms with E-state index < -0.39 is 0 Å². The second-order valence-electron chi connectivity index (χ2n) is 1.76. The minimum atomic E-state index is 0.263. The summed E-state index contributed by atoms with van der Waals surface area (Å²) in [6.07, 6.45) is 5.77. The van der Waals surface area contributed by atoms with Gasteiger partial charge in [-0.3, -0.25) is 0 Å². The average Bonchev–Trinajstić information content (AvgIpc) is 2.05. The van der Waals surface area contributed by atoms with Gasteiger partial charge in [0.1, 0.15) is 0 Å². The molecule has 0 aromatic carbocycles. The van der Waals surface area contributed by atoms with E-state index in [2.05, 4.69) is 17.2 Å². The predicted octanol–water partition coefficient (Wildman–Crippen LogP) is 2.21. The molecule has 66 valence electrons. The molecule has 2 nitrogen and oxygen atoms in total. The first-order valence-electron chi connectivity index (χ1n) is 4.05. The van der Waals surface area contributed by atoms with Crippen LogP contribution < -0.4 is 10.6 Å². The molecule has 0 bridgehead atoms. The van der Waals surface area contributed by atoms with E-state index in [-0.39, 0.29) is 6.17 Å². The largest absolute Gasteiger partial charge is 0.372 e. The number of rotatable bonds is 4. The summed E-state index contributed by atoms with van der Waals surface area (Å²) in [4.78, 5) is 0. The summed E-state index contributed by atoms with van der Waals surface area (Å²) in [5.74, 6) is 0. The smallest absolute Gasteiger partial charge is 0.0925 e. The van der Waals surface area contributed by atoms with Crippen LogP contribution >= 0.6 is 0 Å². The normalized spacial score (nSPS) is 11.3. The van der Waals surface area contributed by atoms with Crippen LogP contribution in [0.1, 0.15) is 27.7 Å². The molecule has 0 amide bonds. The SMILES string of the molecule is C=CNC(C)N/C=C\C.CC. The van der Waals surface area contributed by atoms with Gasteiger partial charge in [-0.2, -0.15) is 0 Å². The van der Waals surface area contributed by atoms with Gasteiger partial charge in [-0.1, -0.05) is 26.5 Å². The molecular formula is C9H20N2. The Morgan fingerprint density at radius 2 is 1.82 bits per heavy atom. The highest BCUT2D eigenvalue weighted by molar-refractivity contribution is 4.78. The molecule has 2 N–H and O–H groups in total. The molecule has 0 aromatic rings. The van der Waals surface area contributed by atoms with Gasteiger partial charge in [0.25, 0.3) is 0 Å². The highest BCUT2D eigenvalue weighted by Gasteiger charge is 1.87. The van der Waals surface area contributed by atoms with E-state index in [1.807, 2.05) is 40.0 Å². The Labute approximate surface area is 70.4 Å². The Balaban J connectivity index is 0. The summed E-state index contributed by atoms with van der Waals surface area (Å²) < 4.78 is 0. The van der Waals surface area contributed by atoms with Gasteiger partial charge in [-0.25, -0.2) is 0 Å². The van der Waals surface area contributed by atoms with Crippen LogP contribution in [-0.2, 0) is 0 Å². The van der Waals surface area contributed by atoms with E-state index >= 15 is 0 Å². The predicted molar refractivity (Wildman–Crippen MR) is 52.1 cm³/mol. The summed E-state index contributed by atoms with van der Waals surface area (Å²) in [7, 11) is 0. The molecule has 0 aliphatic carbocycles. The van der Waals surface area contributed by atoms with Crippen molar-refractivity contribution in [1.82, 2.24) is 10.6 Å². The molecule has 2 heteroatoms. The summed E-state index contributed by atoms with van der Waals surface area (Å²) in [5.41, 5.74) is 0. The Morgan fingerprint density at radius 1 is 1.27 bits per heavy atom. The molecule has 0 rings (SSSR count). The van der Waals surface area contributed by atoms with Crippen molar-refractivity contribution in [1.29, 1.82) is 0 Å². The molecule has 0 radical (unpaired) electrons. The minimum Gasteiger partial charge on any atom is -0.372 e. The molecule has 0 aromatic heterocycles. The molecule has 0 fully saturated rings. The summed E-state index contributed by atoms with van der Waals surface area (Å²) in [6, 6.07) is 0. The standard InChI is InChI=1S/C7H14N2.C2H6/c1-4-6-9-7(3)8-5-2;1-2/h4-9H,2H2,1,3H3;1-2H3/b6-4-;. The van der Waals surface area contributed by atoms with Crippen LogP contribution in [0.3, 0.4) is 0 Å². The first-order valence-corrected chi connectivity index (χ1v) is 4.05. The highest BCUT2D eigenvalue weighted by Crippen LogP contribution is 1.73. The third-order valence-electron chi connectivity index (χ3n) is 0.881. The Hall–Kier alpha value is -0.920. The lowest BCUT2D eigenvalue weighted by Crippen LogP contribution is -2.32. The molecule has 0 saturated carbocycles. The maximum atomic E-state index is 3.53. The Bertz CT molecular complexity index is 97.7. The van der Waals surface area contributed by atoms with Gasteiger partial charge in [0, 0.05) is 0 Å². The first kappa shape index (κ1) is 12.7. The second kappa shape index (κ2) is 11.8. The van der Waals surface area contributed by atoms with Crippen LogP contribution in [0, 0.1) is 0 Å². The summed E-state index contributed by atoms with van der Waals surface area (Å²) in [5, 5.41) is 6.05. The Morgan fingerprint density at radius 3 is 2.18 bits per heavy atom. The van der Waals surface area contributed by atoms with E-state index in [1.165, 1.54) is 0 Å². The fourth-order valence-electron chi connectivity index (χ4n) is 0.465. The fraction of sp³-hybridized carbons (Fsp3) is 0.556. The molecule has 0 spiro atoms. The van der Waals surface area contributed by atoms with E-state index in [4.69, 9.17) is 0 Å². The topological polar surface area (TPSA) is 24.1 Å². The van der Waals surface area contributed by atoms with Crippen LogP contribution in [-0.4, -0.2) is 6.17 Å². The average molecular weight is 156 g/mol. The number of hydrogen-bond donors (Lipinski definition) is 2. The third kappa shape index (κ3) is 12.3. The Kier molecular flexibility index (Phi) is 13.7. The summed E-state index contributed by atoms with van der Waals surface area (Å²) >= 11 is 0. The van der Waals surface area contributed by atoms with Gasteiger partial charge < -0.3 is 10.6 Å². The van der Waals surface area contributed by atoms with Crippen LogP contribution in [0.4, 0.5) is 0 Å². The van der Waals surface area contributed by atoms with Gasteiger partial charge >= 0.3 is 0 Å². The van der Waals surface area contributed by atoms with Gasteiger partial charge in [-0.15, -0.1) is 0 Å². The van der Waals surface area contributed by atoms with E-state index in [0.717, 1.165) is 0 Å². The van der Waals surface area contributed by atoms with Crippen LogP contribution in [0.2, 0.25) is 0 Å². The summed E-state index contributed by atoms with van der Waals surface area (Å²) in [6.45, 7) is 11.5. The van der Waals surface area contributed by atoms with E-state index in [0.29, 0.717) is 0 Å². The molecule has 1 unspecified atom stereocenters. The van der Waals surface area contributed by atoms with Crippen molar-refractivity contribution >= 4 is 0 Å². The van der Waals surface area contributed by atoms with Crippen molar-refractivity contribution < 1.29 is 0 Å². The van der Waals surface area contributed by atoms with Gasteiger partial charge in [0.15, 0.2) is 0 Å². The fourth-order valence-corrected chi connectivity index (χ4v) is 0.465. The van der Waals surface area contributed by atoms with Gasteiger partial charge in [0.2, 0.25) is 0 Å². The second-order valence-corrected chi connectivity index (χ2v) is 1.76. The monoisotopic (exact) mass is 156 g/mol. The molecule has 11 heavy (non-hydrogen) atoms. The zero-order valence-electron chi connectivity index (χ0n) is 8.02. The lowest BCUT2D eigenvalue weighted by molar-refractivity contribution is 0.582.